The van der Waals surface area contributed by atoms with Gasteiger partial charge in [0, 0.05) is 6.61 Å². The van der Waals surface area contributed by atoms with E-state index in [1.807, 2.05) is 5.32 Å². The number of alkyl halides is 3. The second-order valence-corrected chi connectivity index (χ2v) is 5.50. The van der Waals surface area contributed by atoms with Crippen LogP contribution in [0.4, 0.5) is 13.2 Å². The van der Waals surface area contributed by atoms with Crippen molar-refractivity contribution in [1.29, 1.82) is 0 Å². The normalized spacial score (nSPS) is 21.0. The summed E-state index contributed by atoms with van der Waals surface area (Å²) in [5, 5.41) is 2.02. The van der Waals surface area contributed by atoms with Crippen LogP contribution in [0.2, 0.25) is 0 Å². The molecule has 0 bridgehead atoms. The van der Waals surface area contributed by atoms with Gasteiger partial charge < -0.3 is 14.8 Å². The molecule has 0 spiro atoms. The topological polar surface area (TPSA) is 47.6 Å². The van der Waals surface area contributed by atoms with Gasteiger partial charge in [0.25, 0.3) is 0 Å². The molecule has 1 aromatic rings. The third kappa shape index (κ3) is 5.21. The maximum Gasteiger partial charge on any atom is 0.412 e. The van der Waals surface area contributed by atoms with Crippen LogP contribution in [0, 0.1) is 0 Å². The predicted molar refractivity (Wildman–Crippen MR) is 77.8 cm³/mol. The highest BCUT2D eigenvalue weighted by atomic mass is 19.4. The van der Waals surface area contributed by atoms with Gasteiger partial charge in [-0.25, -0.2) is 0 Å². The number of nitrogens with one attached hydrogen (secondary N) is 1. The monoisotopic (exact) mass is 331 g/mol. The van der Waals surface area contributed by atoms with E-state index in [-0.39, 0.29) is 18.3 Å². The zero-order valence-electron chi connectivity index (χ0n) is 12.8. The zero-order chi connectivity index (χ0) is 16.9. The molecule has 1 aliphatic rings. The number of rotatable bonds is 6. The summed E-state index contributed by atoms with van der Waals surface area (Å²) in [5.41, 5.74) is -0.0142. The van der Waals surface area contributed by atoms with Gasteiger partial charge in [-0.2, -0.15) is 13.2 Å². The Balaban J connectivity index is 1.94. The van der Waals surface area contributed by atoms with Crippen LogP contribution in [0.5, 0.6) is 0 Å². The highest BCUT2D eigenvalue weighted by molar-refractivity contribution is 5.80. The first-order valence-electron chi connectivity index (χ1n) is 7.53. The predicted octanol–water partition coefficient (Wildman–Crippen LogP) is 2.99. The fourth-order valence-corrected chi connectivity index (χ4v) is 2.36. The number of carbonyl (C=O) groups excluding carboxylic acids is 1. The number of amides is 1. The van der Waals surface area contributed by atoms with E-state index in [9.17, 15) is 18.0 Å². The van der Waals surface area contributed by atoms with Crippen molar-refractivity contribution in [1.82, 2.24) is 5.32 Å². The lowest BCUT2D eigenvalue weighted by atomic mass is 10.1. The van der Waals surface area contributed by atoms with Gasteiger partial charge in [-0.1, -0.05) is 30.3 Å². The van der Waals surface area contributed by atoms with E-state index in [1.54, 1.807) is 6.07 Å². The lowest BCUT2D eigenvalue weighted by Gasteiger charge is -2.24. The Hall–Kier alpha value is -1.60. The largest absolute Gasteiger partial charge is 0.412 e. The smallest absolute Gasteiger partial charge is 0.376 e. The van der Waals surface area contributed by atoms with E-state index in [1.165, 1.54) is 31.2 Å². The van der Waals surface area contributed by atoms with Gasteiger partial charge in [0.1, 0.15) is 6.10 Å². The summed E-state index contributed by atoms with van der Waals surface area (Å²) in [4.78, 5) is 12.0. The lowest BCUT2D eigenvalue weighted by molar-refractivity contribution is -0.167. The average molecular weight is 331 g/mol. The minimum Gasteiger partial charge on any atom is -0.376 e. The standard InChI is InChI=1S/C16H20F3NO3/c1-11(23-10-13-8-5-9-22-13)15(21)20-14(16(17,18)19)12-6-3-2-4-7-12/h2-4,6-7,11,13-14H,5,8-10H2,1H3,(H,20,21)/t11-,13+,14+/m0/s1. The molecule has 3 atom stereocenters. The second-order valence-electron chi connectivity index (χ2n) is 5.50. The molecule has 1 fully saturated rings. The van der Waals surface area contributed by atoms with Gasteiger partial charge >= 0.3 is 6.18 Å². The number of ether oxygens (including phenoxy) is 2. The van der Waals surface area contributed by atoms with Gasteiger partial charge in [-0.05, 0) is 25.3 Å². The average Bonchev–Trinajstić information content (AvgIpc) is 3.03. The van der Waals surface area contributed by atoms with E-state index < -0.39 is 24.2 Å². The molecule has 0 unspecified atom stereocenters. The molecule has 4 nitrogen and oxygen atoms in total. The summed E-state index contributed by atoms with van der Waals surface area (Å²) in [5.74, 6) is -0.797. The molecule has 0 aliphatic carbocycles. The van der Waals surface area contributed by atoms with Gasteiger partial charge in [0.15, 0.2) is 6.04 Å². The van der Waals surface area contributed by atoms with E-state index in [0.717, 1.165) is 12.8 Å². The third-order valence-electron chi connectivity index (χ3n) is 3.67. The molecule has 1 aromatic carbocycles. The van der Waals surface area contributed by atoms with Crippen LogP contribution >= 0.6 is 0 Å². The molecular formula is C16H20F3NO3. The zero-order valence-corrected chi connectivity index (χ0v) is 12.8. The van der Waals surface area contributed by atoms with Crippen molar-refractivity contribution in [3.8, 4) is 0 Å². The fourth-order valence-electron chi connectivity index (χ4n) is 2.36. The molecule has 0 aromatic heterocycles. The quantitative estimate of drug-likeness (QED) is 0.872. The van der Waals surface area contributed by atoms with E-state index in [2.05, 4.69) is 0 Å². The minimum atomic E-state index is -4.58. The van der Waals surface area contributed by atoms with Crippen molar-refractivity contribution < 1.29 is 27.4 Å². The van der Waals surface area contributed by atoms with Crippen molar-refractivity contribution in [2.24, 2.45) is 0 Å². The first-order valence-corrected chi connectivity index (χ1v) is 7.53. The number of halogens is 3. The van der Waals surface area contributed by atoms with Gasteiger partial charge in [-0.15, -0.1) is 0 Å². The summed E-state index contributed by atoms with van der Waals surface area (Å²) in [6.07, 6.45) is -3.88. The SMILES string of the molecule is C[C@H](OC[C@H]1CCCO1)C(=O)N[C@H](c1ccccc1)C(F)(F)F. The first kappa shape index (κ1) is 17.7. The van der Waals surface area contributed by atoms with Crippen LogP contribution < -0.4 is 5.32 Å². The maximum absolute atomic E-state index is 13.2. The van der Waals surface area contributed by atoms with Crippen molar-refractivity contribution in [3.05, 3.63) is 35.9 Å². The van der Waals surface area contributed by atoms with Crippen LogP contribution in [0.1, 0.15) is 31.4 Å². The highest BCUT2D eigenvalue weighted by Crippen LogP contribution is 2.32. The molecule has 1 aliphatic heterocycles. The van der Waals surface area contributed by atoms with Crippen molar-refractivity contribution in [3.63, 3.8) is 0 Å². The van der Waals surface area contributed by atoms with Gasteiger partial charge in [0.2, 0.25) is 5.91 Å². The molecular weight excluding hydrogens is 311 g/mol. The van der Waals surface area contributed by atoms with Gasteiger partial charge in [0.05, 0.1) is 12.7 Å². The van der Waals surface area contributed by atoms with Crippen LogP contribution in [0.3, 0.4) is 0 Å². The van der Waals surface area contributed by atoms with Crippen LogP contribution in [0.25, 0.3) is 0 Å². The molecule has 1 heterocycles. The molecule has 1 amide bonds. The van der Waals surface area contributed by atoms with E-state index >= 15 is 0 Å². The Morgan fingerprint density at radius 3 is 2.65 bits per heavy atom. The number of benzene rings is 1. The third-order valence-corrected chi connectivity index (χ3v) is 3.67. The van der Waals surface area contributed by atoms with Crippen molar-refractivity contribution >= 4 is 5.91 Å². The summed E-state index contributed by atoms with van der Waals surface area (Å²) >= 11 is 0. The fraction of sp³-hybridized carbons (Fsp3) is 0.562. The van der Waals surface area contributed by atoms with Crippen LogP contribution in [0.15, 0.2) is 30.3 Å². The maximum atomic E-state index is 13.2. The summed E-state index contributed by atoms with van der Waals surface area (Å²) < 4.78 is 50.2. The van der Waals surface area contributed by atoms with Crippen molar-refractivity contribution in [2.75, 3.05) is 13.2 Å². The Morgan fingerprint density at radius 1 is 1.39 bits per heavy atom. The molecule has 0 saturated carbocycles. The van der Waals surface area contributed by atoms with Crippen LogP contribution in [-0.2, 0) is 14.3 Å². The summed E-state index contributed by atoms with van der Waals surface area (Å²) in [6, 6.07) is 5.22. The van der Waals surface area contributed by atoms with E-state index in [0.29, 0.717) is 6.61 Å². The Labute approximate surface area is 133 Å². The van der Waals surface area contributed by atoms with Crippen molar-refractivity contribution in [2.45, 2.75) is 44.2 Å². The summed E-state index contributed by atoms with van der Waals surface area (Å²) in [6.45, 7) is 2.29. The molecule has 7 heteroatoms. The Bertz CT molecular complexity index is 501. The number of hydrogen-bond donors (Lipinski definition) is 1. The Morgan fingerprint density at radius 2 is 2.09 bits per heavy atom. The summed E-state index contributed by atoms with van der Waals surface area (Å²) in [7, 11) is 0. The molecule has 128 valence electrons. The Kier molecular flexibility index (Phi) is 6.01. The highest BCUT2D eigenvalue weighted by Gasteiger charge is 2.42. The van der Waals surface area contributed by atoms with Gasteiger partial charge in [-0.3, -0.25) is 4.79 Å². The lowest BCUT2D eigenvalue weighted by Crippen LogP contribution is -2.43. The number of carbonyl (C=O) groups is 1. The molecule has 1 saturated heterocycles. The molecule has 0 radical (unpaired) electrons. The first-order chi connectivity index (χ1) is 10.9. The number of hydrogen-bond acceptors (Lipinski definition) is 3. The van der Waals surface area contributed by atoms with Crippen LogP contribution in [-0.4, -0.2) is 37.5 Å². The molecule has 23 heavy (non-hydrogen) atoms. The molecule has 1 N–H and O–H groups in total. The molecule has 2 rings (SSSR count). The van der Waals surface area contributed by atoms with E-state index in [4.69, 9.17) is 9.47 Å². The minimum absolute atomic E-state index is 0.0142. The second kappa shape index (κ2) is 7.79.